The molecule has 1 atom stereocenters. The summed E-state index contributed by atoms with van der Waals surface area (Å²) in [5.74, 6) is -0.245. The highest BCUT2D eigenvalue weighted by Crippen LogP contribution is 2.16. The smallest absolute Gasteiger partial charge is 0.310 e. The SMILES string of the molecule is CC(C)(CO)OC(=O)C1CCCNC1. The van der Waals surface area contributed by atoms with Crippen LogP contribution in [-0.4, -0.2) is 36.4 Å². The number of piperidine rings is 1. The molecule has 1 saturated heterocycles. The van der Waals surface area contributed by atoms with E-state index in [4.69, 9.17) is 9.84 Å². The third kappa shape index (κ3) is 3.27. The summed E-state index contributed by atoms with van der Waals surface area (Å²) in [6.07, 6.45) is 1.90. The Morgan fingerprint density at radius 3 is 2.86 bits per heavy atom. The molecule has 0 saturated carbocycles. The topological polar surface area (TPSA) is 58.6 Å². The summed E-state index contributed by atoms with van der Waals surface area (Å²) in [5, 5.41) is 12.1. The van der Waals surface area contributed by atoms with Crippen LogP contribution < -0.4 is 5.32 Å². The molecule has 14 heavy (non-hydrogen) atoms. The van der Waals surface area contributed by atoms with E-state index in [1.807, 2.05) is 0 Å². The van der Waals surface area contributed by atoms with E-state index in [1.54, 1.807) is 13.8 Å². The molecule has 0 radical (unpaired) electrons. The van der Waals surface area contributed by atoms with Crippen molar-refractivity contribution in [2.24, 2.45) is 5.92 Å². The maximum Gasteiger partial charge on any atom is 0.310 e. The van der Waals surface area contributed by atoms with Gasteiger partial charge in [0.25, 0.3) is 0 Å². The van der Waals surface area contributed by atoms with Gasteiger partial charge in [-0.25, -0.2) is 0 Å². The van der Waals surface area contributed by atoms with Crippen LogP contribution in [0.1, 0.15) is 26.7 Å². The minimum atomic E-state index is -0.755. The fraction of sp³-hybridized carbons (Fsp3) is 0.900. The number of ether oxygens (including phenoxy) is 1. The summed E-state index contributed by atoms with van der Waals surface area (Å²) < 4.78 is 5.20. The van der Waals surface area contributed by atoms with E-state index in [9.17, 15) is 4.79 Å². The number of esters is 1. The molecule has 1 unspecified atom stereocenters. The van der Waals surface area contributed by atoms with Crippen LogP contribution in [0.2, 0.25) is 0 Å². The monoisotopic (exact) mass is 201 g/mol. The van der Waals surface area contributed by atoms with Gasteiger partial charge in [0.2, 0.25) is 0 Å². The lowest BCUT2D eigenvalue weighted by Gasteiger charge is -2.27. The molecular weight excluding hydrogens is 182 g/mol. The highest BCUT2D eigenvalue weighted by Gasteiger charge is 2.28. The molecule has 1 aliphatic rings. The Morgan fingerprint density at radius 1 is 1.64 bits per heavy atom. The minimum absolute atomic E-state index is 0.0467. The molecule has 1 aliphatic heterocycles. The van der Waals surface area contributed by atoms with Gasteiger partial charge < -0.3 is 15.2 Å². The fourth-order valence-electron chi connectivity index (χ4n) is 1.44. The van der Waals surface area contributed by atoms with E-state index >= 15 is 0 Å². The zero-order valence-electron chi connectivity index (χ0n) is 8.88. The highest BCUT2D eigenvalue weighted by atomic mass is 16.6. The quantitative estimate of drug-likeness (QED) is 0.645. The second-order valence-corrected chi connectivity index (χ2v) is 4.38. The first-order valence-corrected chi connectivity index (χ1v) is 5.09. The van der Waals surface area contributed by atoms with Crippen LogP contribution in [-0.2, 0) is 9.53 Å². The van der Waals surface area contributed by atoms with Crippen molar-refractivity contribution >= 4 is 5.97 Å². The van der Waals surface area contributed by atoms with Crippen molar-refractivity contribution < 1.29 is 14.6 Å². The van der Waals surface area contributed by atoms with Gasteiger partial charge in [-0.15, -0.1) is 0 Å². The second kappa shape index (κ2) is 4.75. The number of aliphatic hydroxyl groups is 1. The van der Waals surface area contributed by atoms with Crippen LogP contribution in [0.3, 0.4) is 0 Å². The summed E-state index contributed by atoms with van der Waals surface area (Å²) in [4.78, 5) is 11.6. The van der Waals surface area contributed by atoms with E-state index in [2.05, 4.69) is 5.32 Å². The molecule has 0 spiro atoms. The Morgan fingerprint density at radius 2 is 2.36 bits per heavy atom. The number of rotatable bonds is 3. The molecule has 0 aliphatic carbocycles. The molecule has 82 valence electrons. The van der Waals surface area contributed by atoms with Gasteiger partial charge in [-0.3, -0.25) is 4.79 Å². The van der Waals surface area contributed by atoms with Crippen LogP contribution in [0.15, 0.2) is 0 Å². The van der Waals surface area contributed by atoms with Gasteiger partial charge in [0.1, 0.15) is 5.60 Å². The summed E-state index contributed by atoms with van der Waals surface area (Å²) in [7, 11) is 0. The van der Waals surface area contributed by atoms with Gasteiger partial charge in [0.05, 0.1) is 12.5 Å². The van der Waals surface area contributed by atoms with E-state index in [1.165, 1.54) is 0 Å². The van der Waals surface area contributed by atoms with Crippen LogP contribution >= 0.6 is 0 Å². The van der Waals surface area contributed by atoms with E-state index in [0.29, 0.717) is 6.54 Å². The summed E-state index contributed by atoms with van der Waals surface area (Å²) in [6.45, 7) is 4.95. The van der Waals surface area contributed by atoms with Gasteiger partial charge in [-0.2, -0.15) is 0 Å². The number of hydrogen-bond donors (Lipinski definition) is 2. The number of nitrogens with one attached hydrogen (secondary N) is 1. The summed E-state index contributed by atoms with van der Waals surface area (Å²) in [6, 6.07) is 0. The van der Waals surface area contributed by atoms with Gasteiger partial charge in [-0.05, 0) is 33.2 Å². The highest BCUT2D eigenvalue weighted by molar-refractivity contribution is 5.73. The Hall–Kier alpha value is -0.610. The first-order chi connectivity index (χ1) is 6.55. The zero-order valence-corrected chi connectivity index (χ0v) is 8.88. The summed E-state index contributed by atoms with van der Waals surface area (Å²) >= 11 is 0. The van der Waals surface area contributed by atoms with Gasteiger partial charge >= 0.3 is 5.97 Å². The number of carbonyl (C=O) groups excluding carboxylic acids is 1. The lowest BCUT2D eigenvalue weighted by atomic mass is 9.99. The van der Waals surface area contributed by atoms with Crippen LogP contribution in [0.4, 0.5) is 0 Å². The zero-order chi connectivity index (χ0) is 10.6. The fourth-order valence-corrected chi connectivity index (χ4v) is 1.44. The average Bonchev–Trinajstić information content (AvgIpc) is 2.19. The Balaban J connectivity index is 2.40. The van der Waals surface area contributed by atoms with Crippen LogP contribution in [0.5, 0.6) is 0 Å². The van der Waals surface area contributed by atoms with Gasteiger partial charge in [-0.1, -0.05) is 0 Å². The Bertz CT molecular complexity index is 198. The van der Waals surface area contributed by atoms with E-state index < -0.39 is 5.60 Å². The van der Waals surface area contributed by atoms with Crippen molar-refractivity contribution in [3.8, 4) is 0 Å². The molecule has 0 amide bonds. The lowest BCUT2D eigenvalue weighted by molar-refractivity contribution is -0.165. The van der Waals surface area contributed by atoms with Crippen LogP contribution in [0.25, 0.3) is 0 Å². The van der Waals surface area contributed by atoms with E-state index in [-0.39, 0.29) is 18.5 Å². The first kappa shape index (κ1) is 11.5. The average molecular weight is 201 g/mol. The molecule has 4 nitrogen and oxygen atoms in total. The third-order valence-electron chi connectivity index (χ3n) is 2.39. The molecule has 2 N–H and O–H groups in total. The number of hydrogen-bond acceptors (Lipinski definition) is 4. The van der Waals surface area contributed by atoms with Crippen molar-refractivity contribution in [3.05, 3.63) is 0 Å². The van der Waals surface area contributed by atoms with Crippen molar-refractivity contribution in [3.63, 3.8) is 0 Å². The lowest BCUT2D eigenvalue weighted by Crippen LogP contribution is -2.40. The van der Waals surface area contributed by atoms with Gasteiger partial charge in [0, 0.05) is 6.54 Å². The third-order valence-corrected chi connectivity index (χ3v) is 2.39. The largest absolute Gasteiger partial charge is 0.457 e. The number of carbonyl (C=O) groups is 1. The maximum absolute atomic E-state index is 11.6. The second-order valence-electron chi connectivity index (χ2n) is 4.38. The number of aliphatic hydroxyl groups excluding tert-OH is 1. The predicted molar refractivity (Wildman–Crippen MR) is 52.9 cm³/mol. The summed E-state index contributed by atoms with van der Waals surface area (Å²) in [5.41, 5.74) is -0.755. The molecular formula is C10H19NO3. The normalized spacial score (nSPS) is 23.2. The van der Waals surface area contributed by atoms with Crippen molar-refractivity contribution in [2.45, 2.75) is 32.3 Å². The Labute approximate surface area is 84.6 Å². The first-order valence-electron chi connectivity index (χ1n) is 5.09. The van der Waals surface area contributed by atoms with Crippen LogP contribution in [0, 0.1) is 5.92 Å². The molecule has 0 aromatic rings. The molecule has 1 heterocycles. The minimum Gasteiger partial charge on any atom is -0.457 e. The molecule has 4 heteroatoms. The maximum atomic E-state index is 11.6. The van der Waals surface area contributed by atoms with Gasteiger partial charge in [0.15, 0.2) is 0 Å². The Kier molecular flexibility index (Phi) is 3.89. The standard InChI is InChI=1S/C10H19NO3/c1-10(2,7-12)14-9(13)8-4-3-5-11-6-8/h8,11-12H,3-7H2,1-2H3. The predicted octanol–water partition coefficient (Wildman–Crippen LogP) is 0.300. The molecule has 0 bridgehead atoms. The molecule has 0 aromatic carbocycles. The van der Waals surface area contributed by atoms with Crippen molar-refractivity contribution in [1.82, 2.24) is 5.32 Å². The van der Waals surface area contributed by atoms with E-state index in [0.717, 1.165) is 19.4 Å². The molecule has 1 fully saturated rings. The van der Waals surface area contributed by atoms with Crippen molar-refractivity contribution in [1.29, 1.82) is 0 Å². The molecule has 1 rings (SSSR count). The van der Waals surface area contributed by atoms with Crippen molar-refractivity contribution in [2.75, 3.05) is 19.7 Å². The molecule has 0 aromatic heterocycles.